The van der Waals surface area contributed by atoms with Crippen molar-refractivity contribution in [3.8, 4) is 5.75 Å². The number of nitrogens with zero attached hydrogens (tertiary/aromatic N) is 1. The van der Waals surface area contributed by atoms with Gasteiger partial charge >= 0.3 is 0 Å². The van der Waals surface area contributed by atoms with E-state index in [4.69, 9.17) is 14.2 Å². The molecule has 5 aliphatic rings. The van der Waals surface area contributed by atoms with Gasteiger partial charge in [0.2, 0.25) is 0 Å². The van der Waals surface area contributed by atoms with Crippen LogP contribution in [0.15, 0.2) is 48.1 Å². The standard InChI is InChI=1S/C34H43F2NO6/c1-6-7-30-42-29-16-23-24-15-26(35)25-14-21(38)12-13-31(25,2)33(24,36)27(39)17-32(23,3)34(29,43-30)28(40)19-37(4)18-20-8-10-22(41-5)11-9-20/h8-14,23-24,26-27,29-30,39H,6-7,15-19H2,1-5H3/t23?,24-,26-,27-,29+,30?,31-,32-,33-,34+/m0/s1. The minimum absolute atomic E-state index is 0.0427. The first-order valence-electron chi connectivity index (χ1n) is 15.5. The van der Waals surface area contributed by atoms with Crippen molar-refractivity contribution in [3.63, 3.8) is 0 Å². The Morgan fingerprint density at radius 1 is 1.19 bits per heavy atom. The number of aliphatic hydroxyl groups is 1. The molecule has 1 aromatic rings. The lowest BCUT2D eigenvalue weighted by Gasteiger charge is -2.63. The first kappa shape index (κ1) is 30.6. The maximum Gasteiger partial charge on any atom is 0.181 e. The molecular formula is C34H43F2NO6. The molecule has 1 aromatic carbocycles. The molecule has 1 heterocycles. The first-order chi connectivity index (χ1) is 20.3. The largest absolute Gasteiger partial charge is 0.497 e. The topological polar surface area (TPSA) is 85.3 Å². The number of allylic oxidation sites excluding steroid dienone is 4. The highest BCUT2D eigenvalue weighted by atomic mass is 19.1. The van der Waals surface area contributed by atoms with Crippen LogP contribution in [0.3, 0.4) is 0 Å². The number of hydrogen-bond acceptors (Lipinski definition) is 7. The molecule has 6 rings (SSSR count). The number of ether oxygens (including phenoxy) is 3. The number of hydrogen-bond donors (Lipinski definition) is 1. The summed E-state index contributed by atoms with van der Waals surface area (Å²) < 4.78 is 51.8. The molecule has 9 heteroatoms. The lowest BCUT2D eigenvalue weighted by molar-refractivity contribution is -0.234. The number of alkyl halides is 2. The molecule has 234 valence electrons. The zero-order valence-electron chi connectivity index (χ0n) is 25.6. The summed E-state index contributed by atoms with van der Waals surface area (Å²) in [5, 5.41) is 11.8. The van der Waals surface area contributed by atoms with Gasteiger partial charge in [-0.3, -0.25) is 14.5 Å². The van der Waals surface area contributed by atoms with Gasteiger partial charge in [-0.05, 0) is 81.0 Å². The van der Waals surface area contributed by atoms with Gasteiger partial charge in [0.1, 0.15) is 11.9 Å². The number of carbonyl (C=O) groups excluding carboxylic acids is 2. The van der Waals surface area contributed by atoms with Crippen molar-refractivity contribution in [2.24, 2.45) is 22.7 Å². The van der Waals surface area contributed by atoms with Crippen LogP contribution >= 0.6 is 0 Å². The van der Waals surface area contributed by atoms with Gasteiger partial charge in [0, 0.05) is 23.3 Å². The monoisotopic (exact) mass is 599 g/mol. The van der Waals surface area contributed by atoms with Crippen LogP contribution in [-0.4, -0.2) is 78.2 Å². The highest BCUT2D eigenvalue weighted by molar-refractivity contribution is 6.01. The molecule has 0 bridgehead atoms. The minimum atomic E-state index is -2.22. The third kappa shape index (κ3) is 4.25. The number of aliphatic hydroxyl groups excluding tert-OH is 1. The van der Waals surface area contributed by atoms with Gasteiger partial charge in [0.15, 0.2) is 29.1 Å². The van der Waals surface area contributed by atoms with E-state index in [0.717, 1.165) is 17.7 Å². The number of carbonyl (C=O) groups is 2. The van der Waals surface area contributed by atoms with Crippen LogP contribution in [0.5, 0.6) is 5.75 Å². The number of rotatable bonds is 8. The lowest BCUT2D eigenvalue weighted by Crippen LogP contribution is -2.71. The number of methoxy groups -OCH3 is 1. The Kier molecular flexibility index (Phi) is 7.51. The average molecular weight is 600 g/mol. The molecule has 43 heavy (non-hydrogen) atoms. The maximum absolute atomic E-state index is 17.6. The van der Waals surface area contributed by atoms with Crippen LogP contribution in [0.1, 0.15) is 58.4 Å². The van der Waals surface area contributed by atoms with Crippen LogP contribution in [0.2, 0.25) is 0 Å². The second-order valence-electron chi connectivity index (χ2n) is 13.7. The molecule has 1 saturated heterocycles. The molecule has 0 spiro atoms. The molecule has 3 saturated carbocycles. The van der Waals surface area contributed by atoms with Crippen molar-refractivity contribution in [1.29, 1.82) is 0 Å². The molecule has 0 aromatic heterocycles. The maximum atomic E-state index is 17.6. The summed E-state index contributed by atoms with van der Waals surface area (Å²) in [6.45, 7) is 6.08. The van der Waals surface area contributed by atoms with E-state index in [0.29, 0.717) is 19.4 Å². The van der Waals surface area contributed by atoms with Crippen LogP contribution in [0.4, 0.5) is 8.78 Å². The molecule has 0 amide bonds. The van der Waals surface area contributed by atoms with Crippen LogP contribution in [0.25, 0.3) is 0 Å². The van der Waals surface area contributed by atoms with E-state index in [1.54, 1.807) is 14.0 Å². The molecule has 7 nitrogen and oxygen atoms in total. The molecule has 10 atom stereocenters. The van der Waals surface area contributed by atoms with Crippen molar-refractivity contribution >= 4 is 11.6 Å². The van der Waals surface area contributed by atoms with E-state index in [-0.39, 0.29) is 36.5 Å². The predicted molar refractivity (Wildman–Crippen MR) is 156 cm³/mol. The van der Waals surface area contributed by atoms with Gasteiger partial charge in [-0.1, -0.05) is 38.5 Å². The molecule has 4 fully saturated rings. The zero-order valence-corrected chi connectivity index (χ0v) is 25.6. The van der Waals surface area contributed by atoms with E-state index in [9.17, 15) is 14.7 Å². The van der Waals surface area contributed by atoms with E-state index in [1.807, 2.05) is 50.1 Å². The van der Waals surface area contributed by atoms with E-state index >= 15 is 8.78 Å². The fourth-order valence-corrected chi connectivity index (χ4v) is 9.35. The number of Topliss-reactive ketones (excluding diaryl/α,β-unsaturated/α-hetero) is 1. The Bertz CT molecular complexity index is 1350. The zero-order chi connectivity index (χ0) is 30.9. The van der Waals surface area contributed by atoms with E-state index < -0.39 is 58.6 Å². The summed E-state index contributed by atoms with van der Waals surface area (Å²) in [5.74, 6) is -1.18. The SMILES string of the molecule is CCCC1O[C@@H]2CC3[C@@H]4C[C@H](F)C5=CC(=O)C=C[C@]5(C)[C@@]4(F)[C@@H](O)C[C@]3(C)[C@]2(C(=O)CN(C)Cc2ccc(OC)cc2)O1. The van der Waals surface area contributed by atoms with Gasteiger partial charge in [0.25, 0.3) is 0 Å². The van der Waals surface area contributed by atoms with Gasteiger partial charge < -0.3 is 19.3 Å². The Labute approximate surface area is 252 Å². The quantitative estimate of drug-likeness (QED) is 0.455. The highest BCUT2D eigenvalue weighted by Gasteiger charge is 2.79. The lowest BCUT2D eigenvalue weighted by atomic mass is 9.44. The summed E-state index contributed by atoms with van der Waals surface area (Å²) in [4.78, 5) is 28.6. The average Bonchev–Trinajstić information content (AvgIpc) is 3.44. The minimum Gasteiger partial charge on any atom is -0.497 e. The summed E-state index contributed by atoms with van der Waals surface area (Å²) >= 11 is 0. The molecule has 4 aliphatic carbocycles. The number of halogens is 2. The normalized spacial score (nSPS) is 43.1. The van der Waals surface area contributed by atoms with Crippen molar-refractivity contribution in [2.45, 2.75) is 95.4 Å². The molecule has 2 unspecified atom stereocenters. The number of ketones is 2. The summed E-state index contributed by atoms with van der Waals surface area (Å²) in [5.41, 5.74) is -5.01. The van der Waals surface area contributed by atoms with Gasteiger partial charge in [-0.15, -0.1) is 0 Å². The second-order valence-corrected chi connectivity index (χ2v) is 13.7. The number of fused-ring (bicyclic) bond motifs is 7. The molecule has 1 aliphatic heterocycles. The fraction of sp³-hybridized carbons (Fsp3) is 0.647. The third-order valence-electron chi connectivity index (χ3n) is 11.4. The predicted octanol–water partition coefficient (Wildman–Crippen LogP) is 4.91. The van der Waals surface area contributed by atoms with E-state index in [2.05, 4.69) is 0 Å². The fourth-order valence-electron chi connectivity index (χ4n) is 9.35. The van der Waals surface area contributed by atoms with Crippen molar-refractivity contribution in [3.05, 3.63) is 53.6 Å². The number of benzene rings is 1. The van der Waals surface area contributed by atoms with E-state index in [1.165, 1.54) is 18.2 Å². The van der Waals surface area contributed by atoms with Gasteiger partial charge in [-0.2, -0.15) is 0 Å². The molecular weight excluding hydrogens is 556 g/mol. The smallest absolute Gasteiger partial charge is 0.181 e. The van der Waals surface area contributed by atoms with Crippen LogP contribution in [0, 0.1) is 22.7 Å². The molecule has 1 N–H and O–H groups in total. The Balaban J connectivity index is 1.34. The molecule has 0 radical (unpaired) electrons. The van der Waals surface area contributed by atoms with Gasteiger partial charge in [-0.25, -0.2) is 8.78 Å². The summed E-state index contributed by atoms with van der Waals surface area (Å²) in [6.07, 6.45) is 1.13. The highest BCUT2D eigenvalue weighted by Crippen LogP contribution is 2.72. The first-order valence-corrected chi connectivity index (χ1v) is 15.5. The van der Waals surface area contributed by atoms with Crippen LogP contribution in [-0.2, 0) is 25.6 Å². The van der Waals surface area contributed by atoms with Gasteiger partial charge in [0.05, 0.1) is 25.9 Å². The summed E-state index contributed by atoms with van der Waals surface area (Å²) in [7, 11) is 3.48. The Hall–Kier alpha value is -2.46. The third-order valence-corrected chi connectivity index (χ3v) is 11.4. The van der Waals surface area contributed by atoms with Crippen molar-refractivity contribution in [2.75, 3.05) is 20.7 Å². The Morgan fingerprint density at radius 3 is 2.58 bits per heavy atom. The second kappa shape index (κ2) is 10.6. The Morgan fingerprint density at radius 2 is 1.91 bits per heavy atom. The summed E-state index contributed by atoms with van der Waals surface area (Å²) in [6, 6.07) is 7.65. The van der Waals surface area contributed by atoms with Crippen LogP contribution < -0.4 is 4.74 Å². The van der Waals surface area contributed by atoms with Crippen molar-refractivity contribution < 1.29 is 37.7 Å². The van der Waals surface area contributed by atoms with Crippen molar-refractivity contribution in [1.82, 2.24) is 4.90 Å². The number of likely N-dealkylation sites (N-methyl/N-ethyl adjacent to an activating group) is 1.